The third-order valence-electron chi connectivity index (χ3n) is 2.76. The summed E-state index contributed by atoms with van der Waals surface area (Å²) in [6.45, 7) is 12.7. The predicted octanol–water partition coefficient (Wildman–Crippen LogP) is 2.60. The van der Waals surface area contributed by atoms with Gasteiger partial charge < -0.3 is 9.13 Å². The van der Waals surface area contributed by atoms with E-state index in [1.165, 1.54) is 0 Å². The van der Waals surface area contributed by atoms with Crippen molar-refractivity contribution in [1.29, 1.82) is 0 Å². The van der Waals surface area contributed by atoms with Crippen LogP contribution in [0, 0.1) is 0 Å². The molecular formula is C10H25IN2Si. The fourth-order valence-corrected chi connectivity index (χ4v) is 7.71. The molecule has 0 fully saturated rings. The van der Waals surface area contributed by atoms with Crippen molar-refractivity contribution in [3.05, 3.63) is 0 Å². The van der Waals surface area contributed by atoms with Crippen LogP contribution in [0.1, 0.15) is 41.5 Å². The quantitative estimate of drug-likeness (QED) is 0.437. The Labute approximate surface area is 104 Å². The third-order valence-corrected chi connectivity index (χ3v) is 10.6. The lowest BCUT2D eigenvalue weighted by molar-refractivity contribution is 0.231. The average Bonchev–Trinajstić information content (AvgIpc) is 1.97. The smallest absolute Gasteiger partial charge is 0.259 e. The first-order chi connectivity index (χ1) is 5.98. The normalized spacial score (nSPS) is 14.6. The van der Waals surface area contributed by atoms with Crippen LogP contribution in [-0.4, -0.2) is 40.9 Å². The van der Waals surface area contributed by atoms with Gasteiger partial charge in [-0.25, -0.2) is 0 Å². The SMILES string of the molecule is CN([SiH](I)N(C)C(C)(C)C)C(C)(C)C. The van der Waals surface area contributed by atoms with E-state index in [4.69, 9.17) is 0 Å². The number of halogens is 1. The lowest BCUT2D eigenvalue weighted by atomic mass is 10.1. The summed E-state index contributed by atoms with van der Waals surface area (Å²) < 4.78 is 5.05. The molecule has 0 amide bonds. The molecule has 0 aliphatic heterocycles. The Balaban J connectivity index is 4.56. The molecule has 0 radical (unpaired) electrons. The first-order valence-electron chi connectivity index (χ1n) is 5.08. The van der Waals surface area contributed by atoms with Gasteiger partial charge >= 0.3 is 0 Å². The Hall–Kier alpha value is 0.867. The fourth-order valence-electron chi connectivity index (χ4n) is 0.899. The van der Waals surface area contributed by atoms with Gasteiger partial charge in [-0.15, -0.1) is 0 Å². The molecule has 4 heteroatoms. The number of nitrogens with zero attached hydrogens (tertiary/aromatic N) is 2. The molecule has 0 N–H and O–H groups in total. The molecule has 0 rings (SSSR count). The second kappa shape index (κ2) is 4.80. The van der Waals surface area contributed by atoms with Gasteiger partial charge in [0.1, 0.15) is 0 Å². The minimum Gasteiger partial charge on any atom is -0.304 e. The monoisotopic (exact) mass is 328 g/mol. The van der Waals surface area contributed by atoms with E-state index in [-0.39, 0.29) is 11.1 Å². The third kappa shape index (κ3) is 4.16. The summed E-state index contributed by atoms with van der Waals surface area (Å²) in [6.07, 6.45) is 0. The van der Waals surface area contributed by atoms with Crippen LogP contribution in [0.15, 0.2) is 0 Å². The van der Waals surface area contributed by atoms with E-state index in [1.54, 1.807) is 0 Å². The van der Waals surface area contributed by atoms with E-state index in [2.05, 4.69) is 86.6 Å². The summed E-state index contributed by atoms with van der Waals surface area (Å²) in [6, 6.07) is 0. The summed E-state index contributed by atoms with van der Waals surface area (Å²) >= 11 is 2.63. The van der Waals surface area contributed by atoms with Gasteiger partial charge in [-0.2, -0.15) is 0 Å². The van der Waals surface area contributed by atoms with Gasteiger partial charge in [0.15, 0.2) is 0 Å². The van der Waals surface area contributed by atoms with Gasteiger partial charge in [-0.05, 0) is 55.6 Å². The van der Waals surface area contributed by atoms with Crippen molar-refractivity contribution < 1.29 is 0 Å². The lowest BCUT2D eigenvalue weighted by Gasteiger charge is -2.44. The molecule has 0 bridgehead atoms. The molecule has 0 aromatic carbocycles. The second-order valence-electron chi connectivity index (χ2n) is 5.87. The first kappa shape index (κ1) is 14.9. The number of hydrogen-bond donors (Lipinski definition) is 0. The highest BCUT2D eigenvalue weighted by molar-refractivity contribution is 14.1. The Bertz CT molecular complexity index is 164. The molecule has 0 unspecified atom stereocenters. The summed E-state index contributed by atoms with van der Waals surface area (Å²) in [5.41, 5.74) is 0.551. The first-order valence-corrected chi connectivity index (χ1v) is 10.3. The molecule has 0 heterocycles. The summed E-state index contributed by atoms with van der Waals surface area (Å²) in [5.74, 6) is 0. The molecule has 0 aromatic heterocycles. The van der Waals surface area contributed by atoms with Crippen LogP contribution in [0.4, 0.5) is 0 Å². The maximum Gasteiger partial charge on any atom is 0.259 e. The van der Waals surface area contributed by atoms with Crippen molar-refractivity contribution in [2.75, 3.05) is 14.1 Å². The molecule has 14 heavy (non-hydrogen) atoms. The van der Waals surface area contributed by atoms with Crippen molar-refractivity contribution in [3.63, 3.8) is 0 Å². The van der Waals surface area contributed by atoms with E-state index >= 15 is 0 Å². The average molecular weight is 328 g/mol. The van der Waals surface area contributed by atoms with Crippen LogP contribution in [0.3, 0.4) is 0 Å². The number of rotatable bonds is 2. The van der Waals surface area contributed by atoms with Crippen LogP contribution < -0.4 is 0 Å². The van der Waals surface area contributed by atoms with E-state index in [1.807, 2.05) is 0 Å². The van der Waals surface area contributed by atoms with Crippen LogP contribution in [0.5, 0.6) is 0 Å². The fraction of sp³-hybridized carbons (Fsp3) is 1.00. The largest absolute Gasteiger partial charge is 0.304 e. The van der Waals surface area contributed by atoms with Crippen molar-refractivity contribution in [1.82, 2.24) is 9.13 Å². The van der Waals surface area contributed by atoms with Crippen molar-refractivity contribution in [3.8, 4) is 0 Å². The van der Waals surface area contributed by atoms with E-state index in [0.29, 0.717) is 0 Å². The Morgan fingerprint density at radius 2 is 1.00 bits per heavy atom. The molecule has 0 saturated heterocycles. The minimum atomic E-state index is -1.00. The van der Waals surface area contributed by atoms with Gasteiger partial charge in [0, 0.05) is 11.1 Å². The Kier molecular flexibility index (Phi) is 5.10. The van der Waals surface area contributed by atoms with Crippen LogP contribution >= 0.6 is 21.8 Å². The molecule has 2 nitrogen and oxygen atoms in total. The van der Waals surface area contributed by atoms with E-state index in [9.17, 15) is 0 Å². The summed E-state index contributed by atoms with van der Waals surface area (Å²) in [4.78, 5) is 0. The molecule has 86 valence electrons. The Morgan fingerprint density at radius 3 is 1.14 bits per heavy atom. The second-order valence-corrected chi connectivity index (χ2v) is 11.4. The molecule has 0 saturated carbocycles. The molecule has 0 aliphatic carbocycles. The van der Waals surface area contributed by atoms with Crippen molar-refractivity contribution in [2.45, 2.75) is 52.6 Å². The van der Waals surface area contributed by atoms with Gasteiger partial charge in [0.2, 0.25) is 0 Å². The predicted molar refractivity (Wildman–Crippen MR) is 76.2 cm³/mol. The van der Waals surface area contributed by atoms with Crippen LogP contribution in [0.25, 0.3) is 0 Å². The zero-order valence-corrected chi connectivity index (χ0v) is 14.2. The Morgan fingerprint density at radius 1 is 0.786 bits per heavy atom. The molecule has 0 aromatic rings. The van der Waals surface area contributed by atoms with Crippen LogP contribution in [0.2, 0.25) is 0 Å². The standard InChI is InChI=1S/C10H25IN2Si/c1-9(2,3)12(7)14(11)13(8)10(4,5)6/h14H,1-8H3. The number of hydrogen-bond acceptors (Lipinski definition) is 2. The maximum atomic E-state index is 2.63. The van der Waals surface area contributed by atoms with Gasteiger partial charge in [0.05, 0.1) is 0 Å². The van der Waals surface area contributed by atoms with Gasteiger partial charge in [-0.3, -0.25) is 0 Å². The highest BCUT2D eigenvalue weighted by Crippen LogP contribution is 2.22. The molecule has 0 aliphatic rings. The van der Waals surface area contributed by atoms with Crippen molar-refractivity contribution in [2.24, 2.45) is 0 Å². The van der Waals surface area contributed by atoms with E-state index < -0.39 is 6.62 Å². The minimum absolute atomic E-state index is 0.275. The molecular weight excluding hydrogens is 303 g/mol. The maximum absolute atomic E-state index is 2.63. The van der Waals surface area contributed by atoms with Crippen LogP contribution in [-0.2, 0) is 0 Å². The highest BCUT2D eigenvalue weighted by atomic mass is 127. The zero-order chi connectivity index (χ0) is 11.7. The topological polar surface area (TPSA) is 6.48 Å². The summed E-state index contributed by atoms with van der Waals surface area (Å²) in [5, 5.41) is 0. The van der Waals surface area contributed by atoms with Gasteiger partial charge in [-0.1, -0.05) is 21.8 Å². The molecule has 0 atom stereocenters. The molecule has 0 spiro atoms. The van der Waals surface area contributed by atoms with E-state index in [0.717, 1.165) is 0 Å². The summed E-state index contributed by atoms with van der Waals surface area (Å²) in [7, 11) is 4.48. The van der Waals surface area contributed by atoms with Crippen molar-refractivity contribution >= 4 is 28.4 Å². The highest BCUT2D eigenvalue weighted by Gasteiger charge is 2.32. The zero-order valence-electron chi connectivity index (χ0n) is 10.8. The van der Waals surface area contributed by atoms with Gasteiger partial charge in [0.25, 0.3) is 6.62 Å². The lowest BCUT2D eigenvalue weighted by Crippen LogP contribution is -2.58.